The van der Waals surface area contributed by atoms with E-state index < -0.39 is 6.10 Å². The molecule has 5 nitrogen and oxygen atoms in total. The zero-order valence-electron chi connectivity index (χ0n) is 23.3. The average molecular weight is 512 g/mol. The molecule has 0 saturated carbocycles. The molecule has 1 spiro atoms. The molecule has 206 valence electrons. The topological polar surface area (TPSA) is 59.0 Å². The molecule has 0 radical (unpaired) electrons. The number of aliphatic hydroxyl groups excluding tert-OH is 1. The summed E-state index contributed by atoms with van der Waals surface area (Å²) in [4.78, 5) is 15.3. The van der Waals surface area contributed by atoms with Crippen molar-refractivity contribution >= 4 is 5.91 Å². The van der Waals surface area contributed by atoms with Crippen LogP contribution in [0, 0.1) is 0 Å². The summed E-state index contributed by atoms with van der Waals surface area (Å²) in [6, 6.07) is 4.06. The summed E-state index contributed by atoms with van der Waals surface area (Å²) < 4.78 is 12.0. The second-order valence-electron chi connectivity index (χ2n) is 11.5. The van der Waals surface area contributed by atoms with Crippen LogP contribution in [0.3, 0.4) is 0 Å². The van der Waals surface area contributed by atoms with Gasteiger partial charge >= 0.3 is 0 Å². The highest BCUT2D eigenvalue weighted by molar-refractivity contribution is 5.76. The molecule has 3 aliphatic rings. The van der Waals surface area contributed by atoms with E-state index in [2.05, 4.69) is 19.1 Å². The van der Waals surface area contributed by atoms with Crippen LogP contribution in [0.1, 0.15) is 121 Å². The lowest BCUT2D eigenvalue weighted by Crippen LogP contribution is -2.43. The van der Waals surface area contributed by atoms with Gasteiger partial charge in [-0.1, -0.05) is 102 Å². The second-order valence-corrected chi connectivity index (χ2v) is 11.5. The Labute approximate surface area is 224 Å². The molecule has 4 rings (SSSR count). The maximum Gasteiger partial charge on any atom is 0.222 e. The van der Waals surface area contributed by atoms with Gasteiger partial charge in [0, 0.05) is 31.5 Å². The first kappa shape index (κ1) is 28.0. The first-order valence-electron chi connectivity index (χ1n) is 15.1. The molecule has 1 aromatic rings. The van der Waals surface area contributed by atoms with Crippen LogP contribution in [0.2, 0.25) is 0 Å². The van der Waals surface area contributed by atoms with Crippen molar-refractivity contribution in [3.8, 4) is 11.5 Å². The van der Waals surface area contributed by atoms with Crippen molar-refractivity contribution in [3.63, 3.8) is 0 Å². The Kier molecular flexibility index (Phi) is 10.4. The maximum absolute atomic E-state index is 13.2. The van der Waals surface area contributed by atoms with E-state index in [1.54, 1.807) is 7.11 Å². The predicted molar refractivity (Wildman–Crippen MR) is 149 cm³/mol. The molecule has 1 aliphatic carbocycles. The minimum absolute atomic E-state index is 0.117. The lowest BCUT2D eigenvalue weighted by atomic mass is 9.69. The van der Waals surface area contributed by atoms with Crippen molar-refractivity contribution in [3.05, 3.63) is 35.4 Å². The number of unbranched alkanes of at least 4 members (excludes halogenated alkanes) is 12. The van der Waals surface area contributed by atoms with Crippen molar-refractivity contribution in [1.82, 2.24) is 4.90 Å². The molecule has 0 fully saturated rings. The minimum Gasteiger partial charge on any atom is -0.493 e. The van der Waals surface area contributed by atoms with Crippen LogP contribution in [0.25, 0.3) is 0 Å². The highest BCUT2D eigenvalue weighted by atomic mass is 16.5. The number of carbonyl (C=O) groups excluding carboxylic acids is 1. The fourth-order valence-corrected chi connectivity index (χ4v) is 6.60. The lowest BCUT2D eigenvalue weighted by molar-refractivity contribution is -0.132. The Balaban J connectivity index is 1.21. The van der Waals surface area contributed by atoms with E-state index in [0.717, 1.165) is 41.9 Å². The van der Waals surface area contributed by atoms with Crippen LogP contribution < -0.4 is 9.47 Å². The largest absolute Gasteiger partial charge is 0.493 e. The third-order valence-corrected chi connectivity index (χ3v) is 8.80. The highest BCUT2D eigenvalue weighted by Gasteiger charge is 2.53. The third-order valence-electron chi connectivity index (χ3n) is 8.80. The van der Waals surface area contributed by atoms with Crippen molar-refractivity contribution in [2.45, 2.75) is 134 Å². The summed E-state index contributed by atoms with van der Waals surface area (Å²) >= 11 is 0. The van der Waals surface area contributed by atoms with Gasteiger partial charge in [0.15, 0.2) is 11.5 Å². The molecule has 1 aromatic carbocycles. The molecule has 0 bridgehead atoms. The number of nitrogens with zero attached hydrogens (tertiary/aromatic N) is 1. The van der Waals surface area contributed by atoms with Gasteiger partial charge in [-0.05, 0) is 24.5 Å². The van der Waals surface area contributed by atoms with Crippen molar-refractivity contribution in [2.75, 3.05) is 13.7 Å². The van der Waals surface area contributed by atoms with Crippen molar-refractivity contribution in [1.29, 1.82) is 0 Å². The number of carbonyl (C=O) groups is 1. The van der Waals surface area contributed by atoms with Gasteiger partial charge in [-0.3, -0.25) is 4.79 Å². The summed E-state index contributed by atoms with van der Waals surface area (Å²) in [5.74, 6) is 1.80. The van der Waals surface area contributed by atoms with Crippen LogP contribution in [0.5, 0.6) is 11.5 Å². The molecule has 2 aliphatic heterocycles. The number of methoxy groups -OCH3 is 1. The Morgan fingerprint density at radius 1 is 1.03 bits per heavy atom. The first-order valence-corrected chi connectivity index (χ1v) is 15.1. The number of amides is 1. The van der Waals surface area contributed by atoms with Gasteiger partial charge in [-0.15, -0.1) is 0 Å². The molecule has 0 saturated heterocycles. The molecule has 2 unspecified atom stereocenters. The fourth-order valence-electron chi connectivity index (χ4n) is 6.60. The van der Waals surface area contributed by atoms with Gasteiger partial charge in [0.1, 0.15) is 6.10 Å². The zero-order valence-corrected chi connectivity index (χ0v) is 23.3. The Bertz CT molecular complexity index is 912. The van der Waals surface area contributed by atoms with Gasteiger partial charge in [0.25, 0.3) is 0 Å². The maximum atomic E-state index is 13.2. The zero-order chi connectivity index (χ0) is 26.1. The number of rotatable bonds is 15. The standard InChI is InChI=1S/C32H49NO4/c1-3-4-5-6-7-8-9-10-11-12-13-14-15-16-29(35)33-22-21-32-20-19-26(34)23-28(32)37-31-27(36-2)18-17-25(24-33)30(31)32/h17-20,26,28,34H,3-16,21-24H2,1-2H3/t26-,28?,32?/m0/s1. The van der Waals surface area contributed by atoms with Crippen molar-refractivity contribution < 1.29 is 19.4 Å². The SMILES string of the molecule is CCCCCCCCCCCCCCCC(=O)N1CCC23C=C[C@H](O)CC2Oc2c(OC)ccc(c23)C1. The number of aliphatic hydroxyl groups is 1. The number of hydrogen-bond donors (Lipinski definition) is 1. The Morgan fingerprint density at radius 2 is 1.68 bits per heavy atom. The van der Waals surface area contributed by atoms with E-state index in [9.17, 15) is 9.90 Å². The van der Waals surface area contributed by atoms with E-state index in [4.69, 9.17) is 9.47 Å². The molecular weight excluding hydrogens is 462 g/mol. The molecule has 3 atom stereocenters. The molecule has 2 heterocycles. The fraction of sp³-hybridized carbons (Fsp3) is 0.719. The Morgan fingerprint density at radius 3 is 2.32 bits per heavy atom. The monoisotopic (exact) mass is 511 g/mol. The summed E-state index contributed by atoms with van der Waals surface area (Å²) in [5.41, 5.74) is 2.02. The number of hydrogen-bond acceptors (Lipinski definition) is 4. The average Bonchev–Trinajstić information content (AvgIpc) is 3.13. The summed E-state index contributed by atoms with van der Waals surface area (Å²) in [6.07, 6.45) is 22.6. The van der Waals surface area contributed by atoms with E-state index in [-0.39, 0.29) is 17.4 Å². The van der Waals surface area contributed by atoms with Crippen LogP contribution in [0.15, 0.2) is 24.3 Å². The van der Waals surface area contributed by atoms with Crippen LogP contribution in [0.4, 0.5) is 0 Å². The molecule has 37 heavy (non-hydrogen) atoms. The molecule has 0 aromatic heterocycles. The van der Waals surface area contributed by atoms with E-state index >= 15 is 0 Å². The highest BCUT2D eigenvalue weighted by Crippen LogP contribution is 2.55. The normalized spacial score (nSPS) is 23.8. The first-order chi connectivity index (χ1) is 18.1. The molecule has 1 amide bonds. The van der Waals surface area contributed by atoms with Gasteiger partial charge in [-0.25, -0.2) is 0 Å². The lowest BCUT2D eigenvalue weighted by Gasteiger charge is -2.35. The van der Waals surface area contributed by atoms with Gasteiger partial charge < -0.3 is 19.5 Å². The smallest absolute Gasteiger partial charge is 0.222 e. The Hall–Kier alpha value is -2.01. The van der Waals surface area contributed by atoms with Gasteiger partial charge in [-0.2, -0.15) is 0 Å². The quantitative estimate of drug-likeness (QED) is 0.199. The summed E-state index contributed by atoms with van der Waals surface area (Å²) in [5, 5.41) is 10.3. The third kappa shape index (κ3) is 6.71. The molecule has 1 N–H and O–H groups in total. The molecular formula is C32H49NO4. The van der Waals surface area contributed by atoms with E-state index in [1.165, 1.54) is 70.6 Å². The summed E-state index contributed by atoms with van der Waals surface area (Å²) in [6.45, 7) is 3.61. The van der Waals surface area contributed by atoms with E-state index in [1.807, 2.05) is 17.0 Å². The second kappa shape index (κ2) is 13.7. The van der Waals surface area contributed by atoms with Gasteiger partial charge in [0.2, 0.25) is 5.91 Å². The number of benzene rings is 1. The van der Waals surface area contributed by atoms with Crippen LogP contribution in [-0.4, -0.2) is 41.8 Å². The van der Waals surface area contributed by atoms with Crippen molar-refractivity contribution in [2.24, 2.45) is 0 Å². The summed E-state index contributed by atoms with van der Waals surface area (Å²) in [7, 11) is 1.67. The number of ether oxygens (including phenoxy) is 2. The van der Waals surface area contributed by atoms with E-state index in [0.29, 0.717) is 25.9 Å². The van der Waals surface area contributed by atoms with Crippen LogP contribution in [-0.2, 0) is 16.8 Å². The molecule has 5 heteroatoms. The van der Waals surface area contributed by atoms with Crippen LogP contribution >= 0.6 is 0 Å². The van der Waals surface area contributed by atoms with Gasteiger partial charge in [0.05, 0.1) is 18.6 Å². The predicted octanol–water partition coefficient (Wildman–Crippen LogP) is 7.23. The minimum atomic E-state index is -0.490.